The van der Waals surface area contributed by atoms with Gasteiger partial charge in [0, 0.05) is 10.8 Å². The Morgan fingerprint density at radius 1 is 1.20 bits per heavy atom. The number of nitrogens with zero attached hydrogens (tertiary/aromatic N) is 1. The normalized spacial score (nSPS) is 10.9. The second kappa shape index (κ2) is 4.93. The number of pyridine rings is 1. The standard InChI is InChI=1S/C17H15NO2/c1-3-11-6-5-9-15-14(11)10-12-7-4-8-13(16(12)18-15)17(19)20-2/h4-10H,3H2,1-2H3. The SMILES string of the molecule is CCc1cccc2nc3c(C(=O)OC)cccc3cc12. The topological polar surface area (TPSA) is 39.2 Å². The molecule has 0 fully saturated rings. The summed E-state index contributed by atoms with van der Waals surface area (Å²) >= 11 is 0. The average molecular weight is 265 g/mol. The highest BCUT2D eigenvalue weighted by Crippen LogP contribution is 2.25. The summed E-state index contributed by atoms with van der Waals surface area (Å²) in [5.41, 5.74) is 3.38. The van der Waals surface area contributed by atoms with Gasteiger partial charge in [0.1, 0.15) is 0 Å². The van der Waals surface area contributed by atoms with Crippen molar-refractivity contribution in [2.45, 2.75) is 13.3 Å². The highest BCUT2D eigenvalue weighted by Gasteiger charge is 2.12. The van der Waals surface area contributed by atoms with Crippen LogP contribution in [0.2, 0.25) is 0 Å². The van der Waals surface area contributed by atoms with Gasteiger partial charge in [-0.1, -0.05) is 31.2 Å². The Kier molecular flexibility index (Phi) is 3.11. The van der Waals surface area contributed by atoms with Crippen molar-refractivity contribution in [2.75, 3.05) is 7.11 Å². The highest BCUT2D eigenvalue weighted by molar-refractivity contribution is 6.05. The lowest BCUT2D eigenvalue weighted by Gasteiger charge is -2.08. The third kappa shape index (κ3) is 1.92. The second-order valence-electron chi connectivity index (χ2n) is 4.69. The van der Waals surface area contributed by atoms with Crippen LogP contribution in [0.15, 0.2) is 42.5 Å². The van der Waals surface area contributed by atoms with E-state index in [-0.39, 0.29) is 5.97 Å². The maximum absolute atomic E-state index is 11.8. The molecule has 0 unspecified atom stereocenters. The van der Waals surface area contributed by atoms with Crippen molar-refractivity contribution in [3.63, 3.8) is 0 Å². The van der Waals surface area contributed by atoms with Gasteiger partial charge in [-0.05, 0) is 30.2 Å². The quantitative estimate of drug-likeness (QED) is 0.523. The van der Waals surface area contributed by atoms with E-state index in [2.05, 4.69) is 24.0 Å². The zero-order chi connectivity index (χ0) is 14.1. The Bertz CT molecular complexity index is 809. The Morgan fingerprint density at radius 2 is 2.00 bits per heavy atom. The molecule has 100 valence electrons. The van der Waals surface area contributed by atoms with Crippen LogP contribution >= 0.6 is 0 Å². The van der Waals surface area contributed by atoms with Gasteiger partial charge in [-0.2, -0.15) is 0 Å². The van der Waals surface area contributed by atoms with Crippen molar-refractivity contribution in [1.29, 1.82) is 0 Å². The molecule has 3 aromatic rings. The van der Waals surface area contributed by atoms with Crippen molar-refractivity contribution in [2.24, 2.45) is 0 Å². The van der Waals surface area contributed by atoms with Gasteiger partial charge in [0.2, 0.25) is 0 Å². The maximum atomic E-state index is 11.8. The first-order valence-electron chi connectivity index (χ1n) is 6.64. The van der Waals surface area contributed by atoms with Gasteiger partial charge in [-0.25, -0.2) is 9.78 Å². The summed E-state index contributed by atoms with van der Waals surface area (Å²) < 4.78 is 4.82. The lowest BCUT2D eigenvalue weighted by atomic mass is 10.0. The fourth-order valence-corrected chi connectivity index (χ4v) is 2.53. The van der Waals surface area contributed by atoms with E-state index in [1.54, 1.807) is 6.07 Å². The minimum atomic E-state index is -0.353. The molecule has 1 heterocycles. The minimum Gasteiger partial charge on any atom is -0.465 e. The Morgan fingerprint density at radius 3 is 2.75 bits per heavy atom. The van der Waals surface area contributed by atoms with Crippen LogP contribution in [-0.2, 0) is 11.2 Å². The molecule has 1 aromatic heterocycles. The smallest absolute Gasteiger partial charge is 0.340 e. The molecule has 0 aliphatic heterocycles. The van der Waals surface area contributed by atoms with Crippen LogP contribution in [0.3, 0.4) is 0 Å². The summed E-state index contributed by atoms with van der Waals surface area (Å²) in [5.74, 6) is -0.353. The predicted octanol–water partition coefficient (Wildman–Crippen LogP) is 3.74. The molecule has 0 radical (unpaired) electrons. The van der Waals surface area contributed by atoms with Crippen molar-refractivity contribution in [3.05, 3.63) is 53.6 Å². The third-order valence-corrected chi connectivity index (χ3v) is 3.56. The van der Waals surface area contributed by atoms with Crippen LogP contribution in [0, 0.1) is 0 Å². The molecule has 3 nitrogen and oxygen atoms in total. The molecule has 20 heavy (non-hydrogen) atoms. The number of fused-ring (bicyclic) bond motifs is 2. The van der Waals surface area contributed by atoms with Crippen LogP contribution < -0.4 is 0 Å². The zero-order valence-corrected chi connectivity index (χ0v) is 11.5. The molecule has 0 aliphatic carbocycles. The first-order chi connectivity index (χ1) is 9.74. The number of methoxy groups -OCH3 is 1. The van der Waals surface area contributed by atoms with E-state index in [1.165, 1.54) is 12.7 Å². The number of carbonyl (C=O) groups is 1. The molecule has 3 heteroatoms. The molecule has 0 bridgehead atoms. The number of hydrogen-bond acceptors (Lipinski definition) is 3. The molecule has 2 aromatic carbocycles. The third-order valence-electron chi connectivity index (χ3n) is 3.56. The fourth-order valence-electron chi connectivity index (χ4n) is 2.53. The lowest BCUT2D eigenvalue weighted by Crippen LogP contribution is -2.03. The van der Waals surface area contributed by atoms with Crippen molar-refractivity contribution in [3.8, 4) is 0 Å². The van der Waals surface area contributed by atoms with E-state index in [9.17, 15) is 4.79 Å². The Balaban J connectivity index is 2.38. The molecule has 0 amide bonds. The fraction of sp³-hybridized carbons (Fsp3) is 0.176. The van der Waals surface area contributed by atoms with E-state index in [0.717, 1.165) is 22.7 Å². The van der Waals surface area contributed by atoms with Crippen molar-refractivity contribution < 1.29 is 9.53 Å². The summed E-state index contributed by atoms with van der Waals surface area (Å²) in [6, 6.07) is 13.8. The molecular weight excluding hydrogens is 250 g/mol. The molecule has 0 spiro atoms. The first-order valence-corrected chi connectivity index (χ1v) is 6.64. The minimum absolute atomic E-state index is 0.353. The van der Waals surface area contributed by atoms with Gasteiger partial charge >= 0.3 is 5.97 Å². The van der Waals surface area contributed by atoms with E-state index in [1.807, 2.05) is 24.3 Å². The maximum Gasteiger partial charge on any atom is 0.340 e. The van der Waals surface area contributed by atoms with Crippen LogP contribution in [0.5, 0.6) is 0 Å². The molecule has 3 rings (SSSR count). The summed E-state index contributed by atoms with van der Waals surface area (Å²) in [6.45, 7) is 2.13. The second-order valence-corrected chi connectivity index (χ2v) is 4.69. The number of carbonyl (C=O) groups excluding carboxylic acids is 1. The van der Waals surface area contributed by atoms with Gasteiger partial charge in [0.25, 0.3) is 0 Å². The monoisotopic (exact) mass is 265 g/mol. The Hall–Kier alpha value is -2.42. The zero-order valence-electron chi connectivity index (χ0n) is 11.5. The number of para-hydroxylation sites is 1. The van der Waals surface area contributed by atoms with Crippen LogP contribution in [0.1, 0.15) is 22.8 Å². The number of ether oxygens (including phenoxy) is 1. The summed E-state index contributed by atoms with van der Waals surface area (Å²) in [6.07, 6.45) is 0.960. The van der Waals surface area contributed by atoms with E-state index < -0.39 is 0 Å². The number of rotatable bonds is 2. The van der Waals surface area contributed by atoms with Crippen LogP contribution in [0.4, 0.5) is 0 Å². The summed E-state index contributed by atoms with van der Waals surface area (Å²) in [5, 5.41) is 2.10. The van der Waals surface area contributed by atoms with Crippen LogP contribution in [0.25, 0.3) is 21.8 Å². The first kappa shape index (κ1) is 12.6. The molecule has 0 atom stereocenters. The lowest BCUT2D eigenvalue weighted by molar-refractivity contribution is 0.0603. The highest BCUT2D eigenvalue weighted by atomic mass is 16.5. The number of benzene rings is 2. The van der Waals surface area contributed by atoms with Crippen molar-refractivity contribution in [1.82, 2.24) is 4.98 Å². The molecular formula is C17H15NO2. The number of esters is 1. The van der Waals surface area contributed by atoms with E-state index >= 15 is 0 Å². The summed E-state index contributed by atoms with van der Waals surface area (Å²) in [7, 11) is 1.39. The van der Waals surface area contributed by atoms with Gasteiger partial charge < -0.3 is 4.74 Å². The van der Waals surface area contributed by atoms with Gasteiger partial charge in [0.05, 0.1) is 23.7 Å². The van der Waals surface area contributed by atoms with Gasteiger partial charge in [-0.3, -0.25) is 0 Å². The van der Waals surface area contributed by atoms with Crippen LogP contribution in [-0.4, -0.2) is 18.1 Å². The number of aromatic nitrogens is 1. The van der Waals surface area contributed by atoms with Crippen molar-refractivity contribution >= 4 is 27.8 Å². The number of hydrogen-bond donors (Lipinski definition) is 0. The van der Waals surface area contributed by atoms with Gasteiger partial charge in [0.15, 0.2) is 0 Å². The molecule has 0 aliphatic rings. The summed E-state index contributed by atoms with van der Waals surface area (Å²) in [4.78, 5) is 16.5. The Labute approximate surface area is 117 Å². The molecule has 0 saturated heterocycles. The average Bonchev–Trinajstić information content (AvgIpc) is 2.51. The number of aryl methyl sites for hydroxylation is 1. The van der Waals surface area contributed by atoms with E-state index in [4.69, 9.17) is 4.74 Å². The molecule has 0 saturated carbocycles. The predicted molar refractivity (Wildman–Crippen MR) is 80.0 cm³/mol. The largest absolute Gasteiger partial charge is 0.465 e. The van der Waals surface area contributed by atoms with E-state index in [0.29, 0.717) is 11.1 Å². The van der Waals surface area contributed by atoms with Gasteiger partial charge in [-0.15, -0.1) is 0 Å². The molecule has 0 N–H and O–H groups in total.